The van der Waals surface area contributed by atoms with Crippen molar-refractivity contribution in [3.05, 3.63) is 45.2 Å². The van der Waals surface area contributed by atoms with E-state index >= 15 is 0 Å². The van der Waals surface area contributed by atoms with Gasteiger partial charge in [-0.1, -0.05) is 24.6 Å². The number of likely N-dealkylation sites (tertiary alicyclic amines) is 1. The Morgan fingerprint density at radius 2 is 2.26 bits per heavy atom. The Morgan fingerprint density at radius 1 is 1.39 bits per heavy atom. The largest absolute Gasteiger partial charge is 0.377 e. The van der Waals surface area contributed by atoms with E-state index in [9.17, 15) is 4.79 Å². The normalized spacial score (nSPS) is 19.3. The van der Waals surface area contributed by atoms with Gasteiger partial charge in [-0.3, -0.25) is 9.69 Å². The summed E-state index contributed by atoms with van der Waals surface area (Å²) in [5.74, 6) is 0. The van der Waals surface area contributed by atoms with E-state index in [2.05, 4.69) is 16.8 Å². The third-order valence-corrected chi connectivity index (χ3v) is 4.53. The molecule has 2 aromatic rings. The van der Waals surface area contributed by atoms with Crippen LogP contribution in [0.4, 0.5) is 0 Å². The lowest BCUT2D eigenvalue weighted by molar-refractivity contribution is -0.00231. The van der Waals surface area contributed by atoms with Crippen molar-refractivity contribution in [2.45, 2.75) is 38.8 Å². The van der Waals surface area contributed by atoms with Gasteiger partial charge in [0.2, 0.25) is 0 Å². The molecule has 1 aliphatic rings. The van der Waals surface area contributed by atoms with E-state index in [1.165, 1.54) is 0 Å². The summed E-state index contributed by atoms with van der Waals surface area (Å²) >= 11 is 5.98. The van der Waals surface area contributed by atoms with Gasteiger partial charge in [-0.25, -0.2) is 0 Å². The highest BCUT2D eigenvalue weighted by Crippen LogP contribution is 2.19. The van der Waals surface area contributed by atoms with E-state index in [1.807, 2.05) is 18.2 Å². The maximum Gasteiger partial charge on any atom is 0.252 e. The average Bonchev–Trinajstić information content (AvgIpc) is 2.54. The van der Waals surface area contributed by atoms with Crippen molar-refractivity contribution in [3.8, 4) is 0 Å². The number of rotatable bonds is 5. The SMILES string of the molecule is CCCO[C@H]1CCCN(Cc2cc3ccc(Cl)cc3[nH]c2=O)C1. The molecule has 124 valence electrons. The van der Waals surface area contributed by atoms with Gasteiger partial charge in [0.05, 0.1) is 6.10 Å². The van der Waals surface area contributed by atoms with Gasteiger partial charge < -0.3 is 9.72 Å². The highest BCUT2D eigenvalue weighted by Gasteiger charge is 2.21. The molecular weight excluding hydrogens is 312 g/mol. The van der Waals surface area contributed by atoms with Crippen LogP contribution in [0.2, 0.25) is 5.02 Å². The minimum absolute atomic E-state index is 0.0311. The molecule has 23 heavy (non-hydrogen) atoms. The van der Waals surface area contributed by atoms with Gasteiger partial charge in [0.25, 0.3) is 5.56 Å². The first-order valence-corrected chi connectivity index (χ1v) is 8.69. The molecule has 3 rings (SSSR count). The van der Waals surface area contributed by atoms with Crippen LogP contribution < -0.4 is 5.56 Å². The summed E-state index contributed by atoms with van der Waals surface area (Å²) in [6.45, 7) is 5.53. The number of aromatic nitrogens is 1. The van der Waals surface area contributed by atoms with Crippen molar-refractivity contribution in [2.24, 2.45) is 0 Å². The number of pyridine rings is 1. The van der Waals surface area contributed by atoms with Crippen LogP contribution in [-0.4, -0.2) is 35.7 Å². The Bertz CT molecular complexity index is 729. The number of benzene rings is 1. The number of hydrogen-bond acceptors (Lipinski definition) is 3. The molecule has 0 unspecified atom stereocenters. The zero-order valence-electron chi connectivity index (χ0n) is 13.5. The summed E-state index contributed by atoms with van der Waals surface area (Å²) in [6, 6.07) is 7.56. The minimum Gasteiger partial charge on any atom is -0.377 e. The zero-order chi connectivity index (χ0) is 16.2. The molecule has 0 saturated carbocycles. The highest BCUT2D eigenvalue weighted by molar-refractivity contribution is 6.31. The third kappa shape index (κ3) is 4.14. The van der Waals surface area contributed by atoms with Gasteiger partial charge in [-0.15, -0.1) is 0 Å². The molecular formula is C18H23ClN2O2. The van der Waals surface area contributed by atoms with Crippen LogP contribution in [0, 0.1) is 0 Å². The molecule has 5 heteroatoms. The number of aromatic amines is 1. The number of hydrogen-bond donors (Lipinski definition) is 1. The molecule has 1 fully saturated rings. The topological polar surface area (TPSA) is 45.3 Å². The molecule has 2 heterocycles. The first kappa shape index (κ1) is 16.5. The van der Waals surface area contributed by atoms with E-state index in [1.54, 1.807) is 6.07 Å². The fraction of sp³-hybridized carbons (Fsp3) is 0.500. The number of halogens is 1. The van der Waals surface area contributed by atoms with Crippen molar-refractivity contribution < 1.29 is 4.74 Å². The molecule has 1 aromatic carbocycles. The van der Waals surface area contributed by atoms with Crippen molar-refractivity contribution in [3.63, 3.8) is 0 Å². The molecule has 0 bridgehead atoms. The average molecular weight is 335 g/mol. The lowest BCUT2D eigenvalue weighted by Gasteiger charge is -2.32. The van der Waals surface area contributed by atoms with Gasteiger partial charge in [0.15, 0.2) is 0 Å². The Balaban J connectivity index is 1.74. The van der Waals surface area contributed by atoms with E-state index in [0.717, 1.165) is 55.4 Å². The van der Waals surface area contributed by atoms with Crippen molar-refractivity contribution in [1.29, 1.82) is 0 Å². The van der Waals surface area contributed by atoms with Gasteiger partial charge in [-0.2, -0.15) is 0 Å². The second kappa shape index (κ2) is 7.47. The number of nitrogens with zero attached hydrogens (tertiary/aromatic N) is 1. The quantitative estimate of drug-likeness (QED) is 0.909. The molecule has 4 nitrogen and oxygen atoms in total. The Labute approximate surface area is 141 Å². The first-order valence-electron chi connectivity index (χ1n) is 8.31. The number of H-pyrrole nitrogens is 1. The Kier molecular flexibility index (Phi) is 5.36. The van der Waals surface area contributed by atoms with E-state index in [0.29, 0.717) is 17.7 Å². The van der Waals surface area contributed by atoms with Gasteiger partial charge in [0.1, 0.15) is 0 Å². The lowest BCUT2D eigenvalue weighted by Crippen LogP contribution is -2.40. The maximum atomic E-state index is 12.3. The van der Waals surface area contributed by atoms with Crippen LogP contribution in [0.1, 0.15) is 31.7 Å². The standard InChI is InChI=1S/C18H23ClN2O2/c1-2-8-23-16-4-3-7-21(12-16)11-14-9-13-5-6-15(19)10-17(13)20-18(14)22/h5-6,9-10,16H,2-4,7-8,11-12H2,1H3,(H,20,22)/t16-/m0/s1. The number of ether oxygens (including phenoxy) is 1. The predicted molar refractivity (Wildman–Crippen MR) is 94.1 cm³/mol. The van der Waals surface area contributed by atoms with Crippen molar-refractivity contribution in [2.75, 3.05) is 19.7 Å². The van der Waals surface area contributed by atoms with Crippen LogP contribution in [0.5, 0.6) is 0 Å². The molecule has 0 radical (unpaired) electrons. The number of nitrogens with one attached hydrogen (secondary N) is 1. The second-order valence-corrected chi connectivity index (χ2v) is 6.66. The molecule has 1 N–H and O–H groups in total. The van der Waals surface area contributed by atoms with Crippen LogP contribution >= 0.6 is 11.6 Å². The van der Waals surface area contributed by atoms with Gasteiger partial charge in [-0.05, 0) is 49.4 Å². The first-order chi connectivity index (χ1) is 11.2. The van der Waals surface area contributed by atoms with E-state index in [4.69, 9.17) is 16.3 Å². The summed E-state index contributed by atoms with van der Waals surface area (Å²) in [4.78, 5) is 17.6. The minimum atomic E-state index is -0.0311. The second-order valence-electron chi connectivity index (χ2n) is 6.23. The van der Waals surface area contributed by atoms with Crippen LogP contribution in [0.3, 0.4) is 0 Å². The summed E-state index contributed by atoms with van der Waals surface area (Å²) in [5, 5.41) is 1.65. The molecule has 0 spiro atoms. The summed E-state index contributed by atoms with van der Waals surface area (Å²) in [7, 11) is 0. The summed E-state index contributed by atoms with van der Waals surface area (Å²) in [6.07, 6.45) is 3.57. The molecule has 0 amide bonds. The van der Waals surface area contributed by atoms with Gasteiger partial charge >= 0.3 is 0 Å². The third-order valence-electron chi connectivity index (χ3n) is 4.30. The molecule has 1 atom stereocenters. The lowest BCUT2D eigenvalue weighted by atomic mass is 10.1. The smallest absolute Gasteiger partial charge is 0.252 e. The highest BCUT2D eigenvalue weighted by atomic mass is 35.5. The van der Waals surface area contributed by atoms with Crippen LogP contribution in [-0.2, 0) is 11.3 Å². The summed E-state index contributed by atoms with van der Waals surface area (Å²) in [5.41, 5.74) is 1.56. The van der Waals surface area contributed by atoms with Crippen molar-refractivity contribution >= 4 is 22.5 Å². The monoisotopic (exact) mass is 334 g/mol. The fourth-order valence-electron chi connectivity index (χ4n) is 3.15. The number of fused-ring (bicyclic) bond motifs is 1. The molecule has 1 aromatic heterocycles. The van der Waals surface area contributed by atoms with Crippen LogP contribution in [0.25, 0.3) is 10.9 Å². The summed E-state index contributed by atoms with van der Waals surface area (Å²) < 4.78 is 5.87. The maximum absolute atomic E-state index is 12.3. The van der Waals surface area contributed by atoms with Crippen LogP contribution in [0.15, 0.2) is 29.1 Å². The Hall–Kier alpha value is -1.36. The molecule has 1 saturated heterocycles. The van der Waals surface area contributed by atoms with E-state index in [-0.39, 0.29) is 5.56 Å². The fourth-order valence-corrected chi connectivity index (χ4v) is 3.33. The van der Waals surface area contributed by atoms with E-state index < -0.39 is 0 Å². The predicted octanol–water partition coefficient (Wildman–Crippen LogP) is 3.57. The Morgan fingerprint density at radius 3 is 3.09 bits per heavy atom. The van der Waals surface area contributed by atoms with Gasteiger partial charge in [0, 0.05) is 35.8 Å². The molecule has 1 aliphatic heterocycles. The molecule has 0 aliphatic carbocycles. The van der Waals surface area contributed by atoms with Crippen molar-refractivity contribution in [1.82, 2.24) is 9.88 Å². The number of piperidine rings is 1. The zero-order valence-corrected chi connectivity index (χ0v) is 14.2.